The molecule has 0 aliphatic heterocycles. The van der Waals surface area contributed by atoms with E-state index in [9.17, 15) is 20.4 Å². The lowest BCUT2D eigenvalue weighted by molar-refractivity contribution is -0.184. The van der Waals surface area contributed by atoms with E-state index in [-0.39, 0.29) is 11.8 Å². The number of fused-ring (bicyclic) bond motifs is 1. The quantitative estimate of drug-likeness (QED) is 0.433. The van der Waals surface area contributed by atoms with Gasteiger partial charge in [0.1, 0.15) is 12.2 Å². The van der Waals surface area contributed by atoms with Crippen molar-refractivity contribution in [1.29, 1.82) is 0 Å². The summed E-state index contributed by atoms with van der Waals surface area (Å²) in [6.07, 6.45) is -2.96. The van der Waals surface area contributed by atoms with Crippen molar-refractivity contribution in [2.45, 2.75) is 51.1 Å². The van der Waals surface area contributed by atoms with Gasteiger partial charge in [0, 0.05) is 0 Å². The van der Waals surface area contributed by atoms with E-state index in [0.717, 1.165) is 0 Å². The maximum Gasteiger partial charge on any atom is 0.109 e. The SMILES string of the molecule is CC1=C(C)CC2C(O)C(O)C(O)C(O)C2C1. The van der Waals surface area contributed by atoms with Gasteiger partial charge in [0.25, 0.3) is 0 Å². The molecule has 2 aliphatic carbocycles. The maximum atomic E-state index is 9.92. The molecule has 16 heavy (non-hydrogen) atoms. The molecule has 0 aromatic carbocycles. The summed E-state index contributed by atoms with van der Waals surface area (Å²) < 4.78 is 0. The van der Waals surface area contributed by atoms with E-state index in [0.29, 0.717) is 12.8 Å². The Morgan fingerprint density at radius 2 is 1.00 bits per heavy atom. The second kappa shape index (κ2) is 4.11. The first-order chi connectivity index (χ1) is 7.43. The zero-order chi connectivity index (χ0) is 12.0. The van der Waals surface area contributed by atoms with Crippen LogP contribution in [0.15, 0.2) is 11.1 Å². The Morgan fingerprint density at radius 3 is 1.31 bits per heavy atom. The molecule has 0 heterocycles. The van der Waals surface area contributed by atoms with Crippen molar-refractivity contribution in [1.82, 2.24) is 0 Å². The van der Waals surface area contributed by atoms with Crippen LogP contribution in [-0.2, 0) is 0 Å². The average Bonchev–Trinajstić information content (AvgIpc) is 2.26. The van der Waals surface area contributed by atoms with Gasteiger partial charge in [-0.1, -0.05) is 11.1 Å². The van der Waals surface area contributed by atoms with Crippen molar-refractivity contribution in [2.24, 2.45) is 11.8 Å². The molecular formula is C12H20O4. The Bertz CT molecular complexity index is 282. The third-order valence-corrected chi connectivity index (χ3v) is 4.29. The molecule has 4 nitrogen and oxygen atoms in total. The molecular weight excluding hydrogens is 208 g/mol. The van der Waals surface area contributed by atoms with Crippen molar-refractivity contribution >= 4 is 0 Å². The van der Waals surface area contributed by atoms with E-state index in [1.54, 1.807) is 0 Å². The van der Waals surface area contributed by atoms with Crippen molar-refractivity contribution in [3.05, 3.63) is 11.1 Å². The van der Waals surface area contributed by atoms with E-state index in [2.05, 4.69) is 0 Å². The molecule has 0 aromatic heterocycles. The standard InChI is InChI=1S/C12H20O4/c1-5-3-7-8(4-6(5)2)10(14)12(16)11(15)9(7)13/h7-16H,3-4H2,1-2H3. The Hall–Kier alpha value is -0.420. The number of aliphatic hydroxyl groups is 4. The summed E-state index contributed by atoms with van der Waals surface area (Å²) in [5.74, 6) is -0.283. The van der Waals surface area contributed by atoms with Crippen LogP contribution in [0.3, 0.4) is 0 Å². The zero-order valence-corrected chi connectivity index (χ0v) is 9.67. The first-order valence-electron chi connectivity index (χ1n) is 5.81. The molecule has 0 amide bonds. The largest absolute Gasteiger partial charge is 0.390 e. The lowest BCUT2D eigenvalue weighted by Gasteiger charge is -2.47. The Morgan fingerprint density at radius 1 is 0.688 bits per heavy atom. The fourth-order valence-corrected chi connectivity index (χ4v) is 3.02. The van der Waals surface area contributed by atoms with Crippen molar-refractivity contribution in [3.8, 4) is 0 Å². The normalized spacial score (nSPS) is 49.1. The molecule has 0 aromatic rings. The molecule has 6 unspecified atom stereocenters. The van der Waals surface area contributed by atoms with E-state index >= 15 is 0 Å². The van der Waals surface area contributed by atoms with E-state index in [1.807, 2.05) is 13.8 Å². The Balaban J connectivity index is 2.28. The van der Waals surface area contributed by atoms with Crippen LogP contribution in [0.2, 0.25) is 0 Å². The Kier molecular flexibility index (Phi) is 3.09. The average molecular weight is 228 g/mol. The van der Waals surface area contributed by atoms with Gasteiger partial charge in [0.15, 0.2) is 0 Å². The van der Waals surface area contributed by atoms with Crippen molar-refractivity contribution in [2.75, 3.05) is 0 Å². The molecule has 0 spiro atoms. The minimum Gasteiger partial charge on any atom is -0.390 e. The molecule has 1 fully saturated rings. The molecule has 0 bridgehead atoms. The second-order valence-corrected chi connectivity index (χ2v) is 5.26. The van der Waals surface area contributed by atoms with Crippen LogP contribution >= 0.6 is 0 Å². The van der Waals surface area contributed by atoms with Crippen LogP contribution < -0.4 is 0 Å². The summed E-state index contributed by atoms with van der Waals surface area (Å²) in [6, 6.07) is 0. The number of aliphatic hydroxyl groups excluding tert-OH is 4. The highest BCUT2D eigenvalue weighted by Gasteiger charge is 2.49. The molecule has 2 rings (SSSR count). The van der Waals surface area contributed by atoms with Crippen molar-refractivity contribution < 1.29 is 20.4 Å². The molecule has 1 saturated carbocycles. The number of hydrogen-bond donors (Lipinski definition) is 4. The predicted octanol–water partition coefficient (Wildman–Crippen LogP) is -0.194. The first kappa shape index (κ1) is 12.0. The highest BCUT2D eigenvalue weighted by molar-refractivity contribution is 5.19. The summed E-state index contributed by atoms with van der Waals surface area (Å²) in [6.45, 7) is 4.03. The molecule has 2 aliphatic rings. The van der Waals surface area contributed by atoms with Gasteiger partial charge in [-0.3, -0.25) is 0 Å². The molecule has 0 radical (unpaired) electrons. The van der Waals surface area contributed by atoms with Gasteiger partial charge in [-0.05, 0) is 38.5 Å². The molecule has 4 N–H and O–H groups in total. The van der Waals surface area contributed by atoms with Gasteiger partial charge in [-0.15, -0.1) is 0 Å². The zero-order valence-electron chi connectivity index (χ0n) is 9.67. The van der Waals surface area contributed by atoms with Crippen LogP contribution in [-0.4, -0.2) is 44.8 Å². The van der Waals surface area contributed by atoms with Crippen molar-refractivity contribution in [3.63, 3.8) is 0 Å². The highest BCUT2D eigenvalue weighted by atomic mass is 16.4. The van der Waals surface area contributed by atoms with E-state index in [4.69, 9.17) is 0 Å². The smallest absolute Gasteiger partial charge is 0.109 e. The summed E-state index contributed by atoms with van der Waals surface area (Å²) in [5.41, 5.74) is 2.44. The van der Waals surface area contributed by atoms with Crippen LogP contribution in [0.25, 0.3) is 0 Å². The molecule has 0 saturated heterocycles. The number of hydrogen-bond acceptors (Lipinski definition) is 4. The van der Waals surface area contributed by atoms with Gasteiger partial charge >= 0.3 is 0 Å². The third-order valence-electron chi connectivity index (χ3n) is 4.29. The highest BCUT2D eigenvalue weighted by Crippen LogP contribution is 2.43. The summed E-state index contributed by atoms with van der Waals surface area (Å²) in [7, 11) is 0. The minimum atomic E-state index is -1.23. The molecule has 6 atom stereocenters. The van der Waals surface area contributed by atoms with Gasteiger partial charge in [0.2, 0.25) is 0 Å². The van der Waals surface area contributed by atoms with E-state index < -0.39 is 24.4 Å². The van der Waals surface area contributed by atoms with E-state index in [1.165, 1.54) is 11.1 Å². The first-order valence-corrected chi connectivity index (χ1v) is 5.81. The van der Waals surface area contributed by atoms with Gasteiger partial charge in [0.05, 0.1) is 12.2 Å². The molecule has 92 valence electrons. The minimum absolute atomic E-state index is 0.142. The number of allylic oxidation sites excluding steroid dienone is 2. The summed E-state index contributed by atoms with van der Waals surface area (Å²) in [4.78, 5) is 0. The second-order valence-electron chi connectivity index (χ2n) is 5.26. The monoisotopic (exact) mass is 228 g/mol. The number of rotatable bonds is 0. The summed E-state index contributed by atoms with van der Waals surface area (Å²) >= 11 is 0. The van der Waals surface area contributed by atoms with Crippen LogP contribution in [0, 0.1) is 11.8 Å². The fraction of sp³-hybridized carbons (Fsp3) is 0.833. The lowest BCUT2D eigenvalue weighted by Crippen LogP contribution is -2.59. The Labute approximate surface area is 95.2 Å². The molecule has 4 heteroatoms. The summed E-state index contributed by atoms with van der Waals surface area (Å²) in [5, 5.41) is 39.1. The fourth-order valence-electron chi connectivity index (χ4n) is 3.02. The maximum absolute atomic E-state index is 9.92. The van der Waals surface area contributed by atoms with Crippen LogP contribution in [0.1, 0.15) is 26.7 Å². The van der Waals surface area contributed by atoms with Crippen LogP contribution in [0.5, 0.6) is 0 Å². The lowest BCUT2D eigenvalue weighted by atomic mass is 9.65. The predicted molar refractivity (Wildman–Crippen MR) is 58.6 cm³/mol. The van der Waals surface area contributed by atoms with Crippen LogP contribution in [0.4, 0.5) is 0 Å². The third kappa shape index (κ3) is 1.70. The van der Waals surface area contributed by atoms with Gasteiger partial charge in [-0.2, -0.15) is 0 Å². The van der Waals surface area contributed by atoms with Gasteiger partial charge in [-0.25, -0.2) is 0 Å². The topological polar surface area (TPSA) is 80.9 Å². The van der Waals surface area contributed by atoms with Gasteiger partial charge < -0.3 is 20.4 Å².